The fourth-order valence-corrected chi connectivity index (χ4v) is 6.25. The summed E-state index contributed by atoms with van der Waals surface area (Å²) in [7, 11) is 1.93. The fraction of sp³-hybridized carbons (Fsp3) is 0.433. The molecular weight excluding hydrogens is 462 g/mol. The normalized spacial score (nSPS) is 19.8. The molecule has 4 heterocycles. The lowest BCUT2D eigenvalue weighted by Gasteiger charge is -2.37. The summed E-state index contributed by atoms with van der Waals surface area (Å²) in [4.78, 5) is 5.02. The van der Waals surface area contributed by atoms with Gasteiger partial charge in [0.2, 0.25) is 0 Å². The molecule has 2 aliphatic rings. The summed E-state index contributed by atoms with van der Waals surface area (Å²) >= 11 is 0. The molecule has 1 saturated heterocycles. The van der Waals surface area contributed by atoms with Crippen LogP contribution in [0.5, 0.6) is 0 Å². The van der Waals surface area contributed by atoms with Crippen LogP contribution in [0.1, 0.15) is 50.4 Å². The van der Waals surface area contributed by atoms with Crippen molar-refractivity contribution in [3.05, 3.63) is 66.0 Å². The third-order valence-corrected chi connectivity index (χ3v) is 8.11. The Morgan fingerprint density at radius 3 is 2.59 bits per heavy atom. The lowest BCUT2D eigenvalue weighted by atomic mass is 9.80. The number of fused-ring (bicyclic) bond motifs is 3. The van der Waals surface area contributed by atoms with Crippen molar-refractivity contribution in [2.75, 3.05) is 13.2 Å². The quantitative estimate of drug-likeness (QED) is 0.387. The molecule has 3 aromatic heterocycles. The van der Waals surface area contributed by atoms with Gasteiger partial charge in [-0.2, -0.15) is 0 Å². The van der Waals surface area contributed by atoms with Crippen molar-refractivity contribution in [1.29, 1.82) is 0 Å². The monoisotopic (exact) mass is 497 g/mol. The van der Waals surface area contributed by atoms with Crippen LogP contribution in [0.15, 0.2) is 54.8 Å². The number of aryl methyl sites for hydroxylation is 2. The lowest BCUT2D eigenvalue weighted by molar-refractivity contribution is 0.0428. The minimum Gasteiger partial charge on any atom is -0.386 e. The molecule has 1 aliphatic heterocycles. The van der Waals surface area contributed by atoms with E-state index >= 15 is 0 Å². The van der Waals surface area contributed by atoms with Gasteiger partial charge in [0.1, 0.15) is 0 Å². The maximum absolute atomic E-state index is 10.9. The second-order valence-electron chi connectivity index (χ2n) is 11.1. The van der Waals surface area contributed by atoms with E-state index in [0.29, 0.717) is 11.8 Å². The Balaban J connectivity index is 1.66. The second-order valence-corrected chi connectivity index (χ2v) is 11.1. The zero-order valence-corrected chi connectivity index (χ0v) is 22.1. The topological polar surface area (TPSA) is 78.0 Å². The van der Waals surface area contributed by atoms with E-state index in [-0.39, 0.29) is 6.04 Å². The van der Waals surface area contributed by atoms with Gasteiger partial charge in [-0.25, -0.2) is 4.68 Å². The van der Waals surface area contributed by atoms with E-state index in [1.807, 2.05) is 44.8 Å². The predicted octanol–water partition coefficient (Wildman–Crippen LogP) is 5.62. The van der Waals surface area contributed by atoms with Crippen molar-refractivity contribution < 1.29 is 9.84 Å². The maximum Gasteiger partial charge on any atom is 0.0960 e. The first-order valence-corrected chi connectivity index (χ1v) is 13.3. The van der Waals surface area contributed by atoms with Crippen LogP contribution in [0, 0.1) is 18.8 Å². The largest absolute Gasteiger partial charge is 0.386 e. The van der Waals surface area contributed by atoms with Gasteiger partial charge in [0, 0.05) is 49.4 Å². The van der Waals surface area contributed by atoms with Crippen molar-refractivity contribution in [2.45, 2.75) is 51.7 Å². The van der Waals surface area contributed by atoms with Gasteiger partial charge in [0.25, 0.3) is 0 Å². The van der Waals surface area contributed by atoms with Gasteiger partial charge in [-0.1, -0.05) is 41.7 Å². The van der Waals surface area contributed by atoms with Crippen LogP contribution in [0.4, 0.5) is 0 Å². The number of allylic oxidation sites excluding steroid dienone is 4. The number of aromatic nitrogens is 5. The number of pyridine rings is 1. The Morgan fingerprint density at radius 2 is 1.92 bits per heavy atom. The molecule has 1 aromatic carbocycles. The summed E-state index contributed by atoms with van der Waals surface area (Å²) < 4.78 is 10.1. The van der Waals surface area contributed by atoms with Crippen molar-refractivity contribution in [3.8, 4) is 11.3 Å². The molecule has 192 valence electrons. The zero-order valence-electron chi connectivity index (χ0n) is 22.1. The molecule has 0 saturated carbocycles. The van der Waals surface area contributed by atoms with Crippen molar-refractivity contribution in [3.63, 3.8) is 0 Å². The smallest absolute Gasteiger partial charge is 0.0960 e. The predicted molar refractivity (Wildman–Crippen MR) is 146 cm³/mol. The Morgan fingerprint density at radius 1 is 1.11 bits per heavy atom. The maximum atomic E-state index is 10.9. The molecule has 1 N–H and O–H groups in total. The average molecular weight is 498 g/mol. The molecule has 0 radical (unpaired) electrons. The number of hydrogen-bond acceptors (Lipinski definition) is 5. The minimum atomic E-state index is -0.937. The van der Waals surface area contributed by atoms with Gasteiger partial charge >= 0.3 is 0 Å². The van der Waals surface area contributed by atoms with E-state index in [1.54, 1.807) is 0 Å². The Kier molecular flexibility index (Phi) is 6.00. The lowest BCUT2D eigenvalue weighted by Crippen LogP contribution is -2.31. The van der Waals surface area contributed by atoms with E-state index in [4.69, 9.17) is 9.72 Å². The van der Waals surface area contributed by atoms with Crippen LogP contribution in [0.2, 0.25) is 0 Å². The number of rotatable bonds is 5. The van der Waals surface area contributed by atoms with Gasteiger partial charge < -0.3 is 14.4 Å². The Bertz CT molecular complexity index is 1500. The Labute approximate surface area is 217 Å². The number of ether oxygens (including phenoxy) is 1. The number of nitrogens with zero attached hydrogens (tertiary/aromatic N) is 5. The highest BCUT2D eigenvalue weighted by Gasteiger charge is 2.34. The van der Waals surface area contributed by atoms with E-state index in [9.17, 15) is 5.11 Å². The number of aliphatic hydroxyl groups is 1. The van der Waals surface area contributed by atoms with Crippen LogP contribution in [0.25, 0.3) is 33.2 Å². The van der Waals surface area contributed by atoms with Crippen molar-refractivity contribution in [1.82, 2.24) is 24.5 Å². The molecule has 7 heteroatoms. The first-order chi connectivity index (χ1) is 17.8. The summed E-state index contributed by atoms with van der Waals surface area (Å²) in [5.74, 6) is 0.838. The van der Waals surface area contributed by atoms with E-state index < -0.39 is 5.60 Å². The molecule has 1 aliphatic carbocycles. The first-order valence-electron chi connectivity index (χ1n) is 13.3. The van der Waals surface area contributed by atoms with Crippen LogP contribution in [-0.4, -0.2) is 42.9 Å². The van der Waals surface area contributed by atoms with Crippen LogP contribution in [0.3, 0.4) is 0 Å². The number of hydrogen-bond donors (Lipinski definition) is 1. The molecule has 0 spiro atoms. The molecule has 7 nitrogen and oxygen atoms in total. The molecule has 6 rings (SSSR count). The molecule has 1 fully saturated rings. The third-order valence-electron chi connectivity index (χ3n) is 8.11. The molecule has 0 bridgehead atoms. The summed E-state index contributed by atoms with van der Waals surface area (Å²) in [5, 5.41) is 20.5. The summed E-state index contributed by atoms with van der Waals surface area (Å²) in [6.07, 6.45) is 14.0. The molecule has 0 amide bonds. The van der Waals surface area contributed by atoms with Crippen molar-refractivity contribution in [2.24, 2.45) is 18.9 Å². The third kappa shape index (κ3) is 4.20. The fourth-order valence-electron chi connectivity index (χ4n) is 6.25. The van der Waals surface area contributed by atoms with Gasteiger partial charge in [-0.3, -0.25) is 4.98 Å². The summed E-state index contributed by atoms with van der Waals surface area (Å²) in [6.45, 7) is 7.27. The highest BCUT2D eigenvalue weighted by Crippen LogP contribution is 2.44. The van der Waals surface area contributed by atoms with E-state index in [1.165, 1.54) is 0 Å². The molecule has 4 aromatic rings. The highest BCUT2D eigenvalue weighted by molar-refractivity contribution is 6.07. The molecule has 1 unspecified atom stereocenters. The van der Waals surface area contributed by atoms with Crippen LogP contribution in [-0.2, 0) is 17.4 Å². The van der Waals surface area contributed by atoms with Crippen molar-refractivity contribution >= 4 is 21.9 Å². The second kappa shape index (κ2) is 9.23. The zero-order chi connectivity index (χ0) is 25.7. The standard InChI is InChI=1S/C30H35N5O2/c1-19-28(34(4)33-32-19)22-16-26-27(31-18-22)24-11-10-23(30(2,3)36)17-25(24)35(26)29(20-8-6-5-7-9-20)21-12-14-37-15-13-21/h5-8,10-11,16-18,20-21,29,36H,9,12-15H2,1-4H3/t20?,29-/m1/s1. The van der Waals surface area contributed by atoms with Crippen LogP contribution >= 0.6 is 0 Å². The van der Waals surface area contributed by atoms with Gasteiger partial charge in [-0.15, -0.1) is 5.10 Å². The Hall–Kier alpha value is -3.29. The van der Waals surface area contributed by atoms with E-state index in [0.717, 1.165) is 76.9 Å². The van der Waals surface area contributed by atoms with Gasteiger partial charge in [-0.05, 0) is 63.6 Å². The minimum absolute atomic E-state index is 0.241. The molecule has 37 heavy (non-hydrogen) atoms. The number of benzene rings is 1. The first kappa shape index (κ1) is 24.1. The van der Waals surface area contributed by atoms with Gasteiger partial charge in [0.15, 0.2) is 0 Å². The SMILES string of the molecule is Cc1nnn(C)c1-c1cnc2c3ccc(C(C)(C)O)cc3n([C@H](C3C=CC=CC3)C3CCOCC3)c2c1. The van der Waals surface area contributed by atoms with E-state index in [2.05, 4.69) is 57.4 Å². The summed E-state index contributed by atoms with van der Waals surface area (Å²) in [6, 6.07) is 8.83. The molecular formula is C30H35N5O2. The van der Waals surface area contributed by atoms with Gasteiger partial charge in [0.05, 0.1) is 33.5 Å². The summed E-state index contributed by atoms with van der Waals surface area (Å²) in [5.41, 5.74) is 6.06. The highest BCUT2D eigenvalue weighted by atomic mass is 16.5. The average Bonchev–Trinajstić information content (AvgIpc) is 3.40. The van der Waals surface area contributed by atoms with Crippen LogP contribution < -0.4 is 0 Å². The molecule has 2 atom stereocenters.